The molecule has 0 radical (unpaired) electrons. The van der Waals surface area contributed by atoms with Crippen molar-refractivity contribution < 1.29 is 0 Å². The Morgan fingerprint density at radius 3 is 2.86 bits per heavy atom. The standard InChI is InChI=1S/C11H20N2S/c1-3-5-6-7-10(12-4-2)11-8-14-9-13-11/h8-10,12H,3-7H2,1-2H3. The van der Waals surface area contributed by atoms with Crippen LogP contribution in [0, 0.1) is 0 Å². The molecule has 3 heteroatoms. The topological polar surface area (TPSA) is 24.9 Å². The first-order valence-electron chi connectivity index (χ1n) is 5.50. The minimum absolute atomic E-state index is 0.470. The molecule has 1 unspecified atom stereocenters. The maximum atomic E-state index is 4.37. The molecule has 1 aromatic heterocycles. The number of unbranched alkanes of at least 4 members (excludes halogenated alkanes) is 2. The highest BCUT2D eigenvalue weighted by atomic mass is 32.1. The van der Waals surface area contributed by atoms with E-state index < -0.39 is 0 Å². The first-order chi connectivity index (χ1) is 6.88. The van der Waals surface area contributed by atoms with Crippen LogP contribution in [0.2, 0.25) is 0 Å². The maximum Gasteiger partial charge on any atom is 0.0795 e. The van der Waals surface area contributed by atoms with Crippen molar-refractivity contribution in [3.8, 4) is 0 Å². The fraction of sp³-hybridized carbons (Fsp3) is 0.727. The Labute approximate surface area is 90.8 Å². The molecule has 1 atom stereocenters. The molecule has 1 aromatic rings. The van der Waals surface area contributed by atoms with Gasteiger partial charge in [-0.1, -0.05) is 33.1 Å². The molecule has 0 aliphatic carbocycles. The van der Waals surface area contributed by atoms with E-state index in [1.807, 2.05) is 5.51 Å². The first kappa shape index (κ1) is 11.7. The molecular weight excluding hydrogens is 192 g/mol. The number of aromatic nitrogens is 1. The van der Waals surface area contributed by atoms with Crippen LogP contribution in [-0.2, 0) is 0 Å². The highest BCUT2D eigenvalue weighted by molar-refractivity contribution is 7.07. The van der Waals surface area contributed by atoms with Crippen LogP contribution in [0.15, 0.2) is 10.9 Å². The highest BCUT2D eigenvalue weighted by Crippen LogP contribution is 2.19. The lowest BCUT2D eigenvalue weighted by atomic mass is 10.1. The maximum absolute atomic E-state index is 4.37. The van der Waals surface area contributed by atoms with E-state index in [1.165, 1.54) is 31.4 Å². The minimum Gasteiger partial charge on any atom is -0.309 e. The molecule has 0 saturated carbocycles. The van der Waals surface area contributed by atoms with Crippen LogP contribution in [0.1, 0.15) is 51.3 Å². The van der Waals surface area contributed by atoms with Gasteiger partial charge in [-0.3, -0.25) is 0 Å². The average molecular weight is 212 g/mol. The molecular formula is C11H20N2S. The lowest BCUT2D eigenvalue weighted by molar-refractivity contribution is 0.479. The van der Waals surface area contributed by atoms with E-state index in [0.717, 1.165) is 6.54 Å². The van der Waals surface area contributed by atoms with Crippen LogP contribution >= 0.6 is 11.3 Å². The van der Waals surface area contributed by atoms with Crippen LogP contribution in [0.25, 0.3) is 0 Å². The summed E-state index contributed by atoms with van der Waals surface area (Å²) in [6.07, 6.45) is 5.12. The Balaban J connectivity index is 2.39. The van der Waals surface area contributed by atoms with Crippen molar-refractivity contribution in [1.82, 2.24) is 10.3 Å². The first-order valence-corrected chi connectivity index (χ1v) is 6.44. The van der Waals surface area contributed by atoms with Crippen LogP contribution in [-0.4, -0.2) is 11.5 Å². The molecule has 0 fully saturated rings. The van der Waals surface area contributed by atoms with Crippen molar-refractivity contribution in [2.24, 2.45) is 0 Å². The third-order valence-electron chi connectivity index (χ3n) is 2.36. The van der Waals surface area contributed by atoms with E-state index in [4.69, 9.17) is 0 Å². The third kappa shape index (κ3) is 3.76. The zero-order valence-electron chi connectivity index (χ0n) is 9.12. The fourth-order valence-corrected chi connectivity index (χ4v) is 2.20. The van der Waals surface area contributed by atoms with Crippen molar-refractivity contribution in [2.75, 3.05) is 6.54 Å². The van der Waals surface area contributed by atoms with Crippen LogP contribution in [0.5, 0.6) is 0 Å². The summed E-state index contributed by atoms with van der Waals surface area (Å²) in [5.41, 5.74) is 3.13. The van der Waals surface area contributed by atoms with Gasteiger partial charge in [0.1, 0.15) is 0 Å². The summed E-state index contributed by atoms with van der Waals surface area (Å²) in [4.78, 5) is 4.37. The van der Waals surface area contributed by atoms with Crippen molar-refractivity contribution in [1.29, 1.82) is 0 Å². The molecule has 1 heterocycles. The van der Waals surface area contributed by atoms with Gasteiger partial charge in [0.05, 0.1) is 17.2 Å². The summed E-state index contributed by atoms with van der Waals surface area (Å²) < 4.78 is 0. The Hall–Kier alpha value is -0.410. The van der Waals surface area contributed by atoms with E-state index in [0.29, 0.717) is 6.04 Å². The minimum atomic E-state index is 0.470. The van der Waals surface area contributed by atoms with Gasteiger partial charge in [0, 0.05) is 5.38 Å². The summed E-state index contributed by atoms with van der Waals surface area (Å²) in [6.45, 7) is 5.42. The predicted molar refractivity (Wildman–Crippen MR) is 62.7 cm³/mol. The zero-order valence-corrected chi connectivity index (χ0v) is 9.94. The predicted octanol–water partition coefficient (Wildman–Crippen LogP) is 3.37. The molecule has 14 heavy (non-hydrogen) atoms. The van der Waals surface area contributed by atoms with Gasteiger partial charge in [0.15, 0.2) is 0 Å². The highest BCUT2D eigenvalue weighted by Gasteiger charge is 2.10. The molecule has 0 spiro atoms. The molecule has 1 rings (SSSR count). The van der Waals surface area contributed by atoms with Gasteiger partial charge in [-0.05, 0) is 13.0 Å². The molecule has 80 valence electrons. The smallest absolute Gasteiger partial charge is 0.0795 e. The zero-order chi connectivity index (χ0) is 10.2. The summed E-state index contributed by atoms with van der Waals surface area (Å²) in [7, 11) is 0. The lowest BCUT2D eigenvalue weighted by Gasteiger charge is -2.15. The Morgan fingerprint density at radius 1 is 1.43 bits per heavy atom. The van der Waals surface area contributed by atoms with E-state index in [2.05, 4.69) is 29.5 Å². The molecule has 0 aliphatic heterocycles. The van der Waals surface area contributed by atoms with Gasteiger partial charge in [-0.15, -0.1) is 11.3 Å². The van der Waals surface area contributed by atoms with Crippen LogP contribution < -0.4 is 5.32 Å². The molecule has 0 aliphatic rings. The summed E-state index contributed by atoms with van der Waals surface area (Å²) in [6, 6.07) is 0.470. The molecule has 0 saturated heterocycles. The normalized spacial score (nSPS) is 13.0. The van der Waals surface area contributed by atoms with E-state index in [1.54, 1.807) is 11.3 Å². The Kier molecular flexibility index (Phi) is 5.80. The third-order valence-corrected chi connectivity index (χ3v) is 2.96. The number of rotatable bonds is 7. The van der Waals surface area contributed by atoms with Crippen LogP contribution in [0.4, 0.5) is 0 Å². The second-order valence-corrected chi connectivity index (χ2v) is 4.24. The van der Waals surface area contributed by atoms with Gasteiger partial charge >= 0.3 is 0 Å². The number of nitrogens with one attached hydrogen (secondary N) is 1. The van der Waals surface area contributed by atoms with Gasteiger partial charge in [0.2, 0.25) is 0 Å². The van der Waals surface area contributed by atoms with E-state index in [-0.39, 0.29) is 0 Å². The molecule has 0 bridgehead atoms. The quantitative estimate of drug-likeness (QED) is 0.701. The Bertz CT molecular complexity index is 221. The lowest BCUT2D eigenvalue weighted by Crippen LogP contribution is -2.21. The van der Waals surface area contributed by atoms with Gasteiger partial charge in [-0.2, -0.15) is 0 Å². The van der Waals surface area contributed by atoms with Crippen molar-refractivity contribution in [3.05, 3.63) is 16.6 Å². The summed E-state index contributed by atoms with van der Waals surface area (Å²) >= 11 is 1.68. The van der Waals surface area contributed by atoms with Crippen molar-refractivity contribution >= 4 is 11.3 Å². The monoisotopic (exact) mass is 212 g/mol. The SMILES string of the molecule is CCCCCC(NCC)c1cscn1. The summed E-state index contributed by atoms with van der Waals surface area (Å²) in [5, 5.41) is 5.64. The number of nitrogens with zero attached hydrogens (tertiary/aromatic N) is 1. The average Bonchev–Trinajstić information content (AvgIpc) is 2.70. The van der Waals surface area contributed by atoms with E-state index in [9.17, 15) is 0 Å². The largest absolute Gasteiger partial charge is 0.309 e. The summed E-state index contributed by atoms with van der Waals surface area (Å²) in [5.74, 6) is 0. The molecule has 0 aromatic carbocycles. The van der Waals surface area contributed by atoms with Crippen LogP contribution in [0.3, 0.4) is 0 Å². The Morgan fingerprint density at radius 2 is 2.29 bits per heavy atom. The molecule has 2 nitrogen and oxygen atoms in total. The van der Waals surface area contributed by atoms with Gasteiger partial charge in [0.25, 0.3) is 0 Å². The number of thiazole rings is 1. The molecule has 0 amide bonds. The fourth-order valence-electron chi connectivity index (χ4n) is 1.59. The van der Waals surface area contributed by atoms with Crippen molar-refractivity contribution in [3.63, 3.8) is 0 Å². The number of hydrogen-bond donors (Lipinski definition) is 1. The molecule has 1 N–H and O–H groups in total. The number of hydrogen-bond acceptors (Lipinski definition) is 3. The second kappa shape index (κ2) is 6.96. The van der Waals surface area contributed by atoms with Gasteiger partial charge in [-0.25, -0.2) is 4.98 Å². The second-order valence-electron chi connectivity index (χ2n) is 3.52. The van der Waals surface area contributed by atoms with Crippen molar-refractivity contribution in [2.45, 2.75) is 45.6 Å². The van der Waals surface area contributed by atoms with E-state index >= 15 is 0 Å². The van der Waals surface area contributed by atoms with Gasteiger partial charge < -0.3 is 5.32 Å².